The fourth-order valence-electron chi connectivity index (χ4n) is 3.19. The second kappa shape index (κ2) is 7.64. The van der Waals surface area contributed by atoms with Crippen LogP contribution in [0.15, 0.2) is 48.5 Å². The molecule has 0 amide bonds. The lowest BCUT2D eigenvalue weighted by molar-refractivity contribution is 0.378. The number of hydrogen-bond donors (Lipinski definition) is 1. The van der Waals surface area contributed by atoms with Gasteiger partial charge in [0, 0.05) is 19.1 Å². The minimum atomic E-state index is -3.54. The molecule has 0 aromatic heterocycles. The average molecular weight is 362 g/mol. The number of aryl methyl sites for hydroxylation is 1. The van der Waals surface area contributed by atoms with E-state index in [4.69, 9.17) is 0 Å². The molecule has 0 saturated carbocycles. The molecule has 0 radical (unpaired) electrons. The highest BCUT2D eigenvalue weighted by Crippen LogP contribution is 2.24. The van der Waals surface area contributed by atoms with Gasteiger partial charge < -0.3 is 0 Å². The van der Waals surface area contributed by atoms with Crippen molar-refractivity contribution in [2.45, 2.75) is 38.8 Å². The van der Waals surface area contributed by atoms with Crippen LogP contribution >= 0.6 is 0 Å². The summed E-state index contributed by atoms with van der Waals surface area (Å²) in [5.41, 5.74) is 3.03. The van der Waals surface area contributed by atoms with E-state index >= 15 is 0 Å². The fraction of sp³-hybridized carbons (Fsp3) is 0.368. The summed E-state index contributed by atoms with van der Waals surface area (Å²) >= 11 is 0. The molecule has 6 heteroatoms. The predicted molar refractivity (Wildman–Crippen MR) is 96.8 cm³/mol. The Morgan fingerprint density at radius 3 is 2.40 bits per heavy atom. The Balaban J connectivity index is 1.65. The summed E-state index contributed by atoms with van der Waals surface area (Å²) in [5, 5.41) is 0. The molecule has 1 aliphatic heterocycles. The molecule has 2 aromatic carbocycles. The molecule has 25 heavy (non-hydrogen) atoms. The Kier molecular flexibility index (Phi) is 5.51. The van der Waals surface area contributed by atoms with E-state index in [9.17, 15) is 12.8 Å². The van der Waals surface area contributed by atoms with Crippen molar-refractivity contribution < 1.29 is 12.8 Å². The van der Waals surface area contributed by atoms with Gasteiger partial charge in [0.2, 0.25) is 0 Å². The van der Waals surface area contributed by atoms with Crippen molar-refractivity contribution in [3.63, 3.8) is 0 Å². The van der Waals surface area contributed by atoms with Gasteiger partial charge in [0.25, 0.3) is 10.2 Å². The van der Waals surface area contributed by atoms with E-state index in [1.165, 1.54) is 12.1 Å². The molecular weight excluding hydrogens is 339 g/mol. The van der Waals surface area contributed by atoms with Crippen molar-refractivity contribution in [1.29, 1.82) is 0 Å². The lowest BCUT2D eigenvalue weighted by atomic mass is 10.0. The van der Waals surface area contributed by atoms with Crippen LogP contribution in [-0.2, 0) is 23.2 Å². The molecule has 1 N–H and O–H groups in total. The lowest BCUT2D eigenvalue weighted by Gasteiger charge is -2.24. The van der Waals surface area contributed by atoms with Gasteiger partial charge in [0.1, 0.15) is 5.82 Å². The van der Waals surface area contributed by atoms with Crippen LogP contribution in [0.4, 0.5) is 4.39 Å². The average Bonchev–Trinajstić information content (AvgIpc) is 3.06. The molecular formula is C19H23FN2O2S. The Labute approximate surface area is 148 Å². The van der Waals surface area contributed by atoms with Crippen molar-refractivity contribution in [2.24, 2.45) is 0 Å². The number of nitrogens with one attached hydrogen (secondary N) is 1. The summed E-state index contributed by atoms with van der Waals surface area (Å²) in [7, 11) is -3.54. The zero-order chi connectivity index (χ0) is 17.9. The van der Waals surface area contributed by atoms with Crippen LogP contribution in [0.25, 0.3) is 0 Å². The zero-order valence-electron chi connectivity index (χ0n) is 14.3. The minimum Gasteiger partial charge on any atom is -0.207 e. The monoisotopic (exact) mass is 362 g/mol. The van der Waals surface area contributed by atoms with Crippen molar-refractivity contribution in [3.05, 3.63) is 71.0 Å². The van der Waals surface area contributed by atoms with E-state index in [0.717, 1.165) is 29.5 Å². The largest absolute Gasteiger partial charge is 0.280 e. The van der Waals surface area contributed by atoms with Crippen LogP contribution in [0, 0.1) is 12.7 Å². The van der Waals surface area contributed by atoms with Crippen molar-refractivity contribution >= 4 is 10.2 Å². The normalized spacial score (nSPS) is 18.6. The van der Waals surface area contributed by atoms with Gasteiger partial charge in [-0.15, -0.1) is 0 Å². The summed E-state index contributed by atoms with van der Waals surface area (Å²) in [6.07, 6.45) is 2.27. The molecule has 1 atom stereocenters. The third-order valence-corrected chi connectivity index (χ3v) is 6.20. The molecule has 1 saturated heterocycles. The molecule has 0 spiro atoms. The number of nitrogens with zero attached hydrogens (tertiary/aromatic N) is 1. The Hall–Kier alpha value is -1.76. The molecule has 1 aliphatic rings. The Bertz CT molecular complexity index is 804. The maximum atomic E-state index is 13.0. The summed E-state index contributed by atoms with van der Waals surface area (Å²) < 4.78 is 42.6. The van der Waals surface area contributed by atoms with Crippen molar-refractivity contribution in [3.8, 4) is 0 Å². The van der Waals surface area contributed by atoms with Crippen molar-refractivity contribution in [2.75, 3.05) is 6.54 Å². The SMILES string of the molecule is Cc1ccc(CNS(=O)(=O)N2CCCC2Cc2ccc(F)cc2)cc1. The zero-order valence-corrected chi connectivity index (χ0v) is 15.1. The first-order valence-corrected chi connectivity index (χ1v) is 9.94. The third-order valence-electron chi connectivity index (χ3n) is 4.60. The standard InChI is InChI=1S/C19H23FN2O2S/c1-15-4-6-17(7-5-15)14-21-25(23,24)22-12-2-3-19(22)13-16-8-10-18(20)11-9-16/h4-11,19,21H,2-3,12-14H2,1H3. The first-order valence-electron chi connectivity index (χ1n) is 8.50. The highest BCUT2D eigenvalue weighted by atomic mass is 32.2. The minimum absolute atomic E-state index is 0.0824. The molecule has 1 heterocycles. The second-order valence-corrected chi connectivity index (χ2v) is 8.26. The number of halogens is 1. The second-order valence-electron chi connectivity index (χ2n) is 6.55. The van der Waals surface area contributed by atoms with E-state index in [2.05, 4.69) is 4.72 Å². The molecule has 4 nitrogen and oxygen atoms in total. The fourth-order valence-corrected chi connectivity index (χ4v) is 4.64. The van der Waals surface area contributed by atoms with Crippen LogP contribution in [0.1, 0.15) is 29.5 Å². The third kappa shape index (κ3) is 4.66. The van der Waals surface area contributed by atoms with Crippen LogP contribution in [0.3, 0.4) is 0 Å². The predicted octanol–water partition coefficient (Wildman–Crippen LogP) is 3.18. The summed E-state index contributed by atoms with van der Waals surface area (Å²) in [6, 6.07) is 14.0. The summed E-state index contributed by atoms with van der Waals surface area (Å²) in [5.74, 6) is -0.278. The number of hydrogen-bond acceptors (Lipinski definition) is 2. The topological polar surface area (TPSA) is 49.4 Å². The highest BCUT2D eigenvalue weighted by molar-refractivity contribution is 7.87. The molecule has 1 fully saturated rings. The maximum absolute atomic E-state index is 13.0. The van der Waals surface area contributed by atoms with Gasteiger partial charge in [-0.1, -0.05) is 42.0 Å². The number of rotatable bonds is 6. The van der Waals surface area contributed by atoms with Gasteiger partial charge in [0.15, 0.2) is 0 Å². The summed E-state index contributed by atoms with van der Waals surface area (Å²) in [4.78, 5) is 0. The molecule has 3 rings (SSSR count). The van der Waals surface area contributed by atoms with Crippen LogP contribution < -0.4 is 4.72 Å². The molecule has 2 aromatic rings. The van der Waals surface area contributed by atoms with Gasteiger partial charge in [0.05, 0.1) is 0 Å². The maximum Gasteiger partial charge on any atom is 0.280 e. The van der Waals surface area contributed by atoms with Crippen LogP contribution in [0.5, 0.6) is 0 Å². The van der Waals surface area contributed by atoms with Crippen molar-refractivity contribution in [1.82, 2.24) is 9.03 Å². The molecule has 134 valence electrons. The van der Waals surface area contributed by atoms with Gasteiger partial charge in [-0.2, -0.15) is 17.4 Å². The highest BCUT2D eigenvalue weighted by Gasteiger charge is 2.33. The van der Waals surface area contributed by atoms with Gasteiger partial charge in [-0.05, 0) is 49.4 Å². The quantitative estimate of drug-likeness (QED) is 0.858. The lowest BCUT2D eigenvalue weighted by Crippen LogP contribution is -2.43. The van der Waals surface area contributed by atoms with E-state index in [1.807, 2.05) is 31.2 Å². The van der Waals surface area contributed by atoms with Gasteiger partial charge in [-0.25, -0.2) is 4.39 Å². The van der Waals surface area contributed by atoms with E-state index in [0.29, 0.717) is 13.0 Å². The first-order chi connectivity index (χ1) is 11.9. The van der Waals surface area contributed by atoms with E-state index < -0.39 is 10.2 Å². The Morgan fingerprint density at radius 2 is 1.72 bits per heavy atom. The van der Waals surface area contributed by atoms with Crippen LogP contribution in [-0.4, -0.2) is 25.3 Å². The summed E-state index contributed by atoms with van der Waals surface area (Å²) in [6.45, 7) is 2.80. The smallest absolute Gasteiger partial charge is 0.207 e. The first kappa shape index (κ1) is 18.0. The van der Waals surface area contributed by atoms with Gasteiger partial charge >= 0.3 is 0 Å². The van der Waals surface area contributed by atoms with Crippen LogP contribution in [0.2, 0.25) is 0 Å². The van der Waals surface area contributed by atoms with E-state index in [-0.39, 0.29) is 18.4 Å². The Morgan fingerprint density at radius 1 is 1.08 bits per heavy atom. The molecule has 0 bridgehead atoms. The number of benzene rings is 2. The molecule has 0 aliphatic carbocycles. The van der Waals surface area contributed by atoms with E-state index in [1.54, 1.807) is 16.4 Å². The molecule has 1 unspecified atom stereocenters. The van der Waals surface area contributed by atoms with Gasteiger partial charge in [-0.3, -0.25) is 0 Å².